The highest BCUT2D eigenvalue weighted by atomic mass is 35.5. The van der Waals surface area contributed by atoms with E-state index in [1.807, 2.05) is 10.00 Å². The Morgan fingerprint density at radius 3 is 2.88 bits per heavy atom. The molecule has 1 aliphatic carbocycles. The van der Waals surface area contributed by atoms with Crippen molar-refractivity contribution in [2.24, 2.45) is 0 Å². The van der Waals surface area contributed by atoms with Gasteiger partial charge in [0.15, 0.2) is 0 Å². The summed E-state index contributed by atoms with van der Waals surface area (Å²) < 4.78 is 64.3. The number of amides is 2. The molecule has 1 aliphatic heterocycles. The van der Waals surface area contributed by atoms with Crippen LogP contribution in [0.4, 0.5) is 23.7 Å². The molecule has 174 valence electrons. The van der Waals surface area contributed by atoms with Crippen molar-refractivity contribution in [3.05, 3.63) is 52.4 Å². The predicted molar refractivity (Wildman–Crippen MR) is 118 cm³/mol. The van der Waals surface area contributed by atoms with Gasteiger partial charge >= 0.3 is 12.2 Å². The molecular weight excluding hydrogens is 457 g/mol. The number of halogens is 4. The van der Waals surface area contributed by atoms with E-state index in [9.17, 15) is 18.0 Å². The maximum atomic E-state index is 13.5. The summed E-state index contributed by atoms with van der Waals surface area (Å²) in [4.78, 5) is 17.5. The fraction of sp³-hybridized carbons (Fsp3) is 0.409. The van der Waals surface area contributed by atoms with Crippen molar-refractivity contribution in [2.75, 3.05) is 31.9 Å². The zero-order valence-electron chi connectivity index (χ0n) is 20.3. The normalized spacial score (nSPS) is 18.8. The molecule has 2 amide bonds. The van der Waals surface area contributed by atoms with E-state index in [1.165, 1.54) is 17.0 Å². The molecule has 5 rings (SSSR count). The molecule has 0 atom stereocenters. The van der Waals surface area contributed by atoms with E-state index in [1.54, 1.807) is 12.3 Å². The molecule has 2 aliphatic rings. The third kappa shape index (κ3) is 3.76. The quantitative estimate of drug-likeness (QED) is 0.589. The zero-order valence-corrected chi connectivity index (χ0v) is 18.1. The van der Waals surface area contributed by atoms with E-state index in [0.29, 0.717) is 10.4 Å². The molecule has 1 aromatic carbocycles. The topological polar surface area (TPSA) is 75.1 Å². The highest BCUT2D eigenvalue weighted by molar-refractivity contribution is 6.31. The number of pyridine rings is 1. The fourth-order valence-electron chi connectivity index (χ4n) is 4.69. The number of carbonyl (C=O) groups is 1. The lowest BCUT2D eigenvalue weighted by atomic mass is 9.89. The predicted octanol–water partition coefficient (Wildman–Crippen LogP) is 4.05. The van der Waals surface area contributed by atoms with Crippen LogP contribution in [0.1, 0.15) is 27.5 Å². The first-order chi connectivity index (χ1) is 16.8. The van der Waals surface area contributed by atoms with Gasteiger partial charge in [-0.25, -0.2) is 9.78 Å². The Hall–Kier alpha value is -3.01. The molecule has 2 aromatic heterocycles. The first-order valence-electron chi connectivity index (χ1n) is 11.9. The van der Waals surface area contributed by atoms with Crippen molar-refractivity contribution in [3.8, 4) is 0 Å². The molecule has 3 aromatic rings. The van der Waals surface area contributed by atoms with Crippen LogP contribution in [0.3, 0.4) is 0 Å². The van der Waals surface area contributed by atoms with E-state index < -0.39 is 30.4 Å². The van der Waals surface area contributed by atoms with Gasteiger partial charge in [0.2, 0.25) is 0 Å². The third-order valence-electron chi connectivity index (χ3n) is 6.30. The number of aromatic nitrogens is 3. The Labute approximate surface area is 197 Å². The van der Waals surface area contributed by atoms with Gasteiger partial charge < -0.3 is 15.5 Å². The van der Waals surface area contributed by atoms with Crippen LogP contribution in [0.15, 0.2) is 30.5 Å². The van der Waals surface area contributed by atoms with Crippen molar-refractivity contribution >= 4 is 34.2 Å². The number of fused-ring (bicyclic) bond motifs is 2. The minimum Gasteiger partial charge on any atom is -0.382 e. The molecule has 0 bridgehead atoms. The van der Waals surface area contributed by atoms with Gasteiger partial charge in [-0.05, 0) is 49.1 Å². The van der Waals surface area contributed by atoms with Crippen LogP contribution in [0.5, 0.6) is 0 Å². The van der Waals surface area contributed by atoms with Crippen molar-refractivity contribution in [2.45, 2.75) is 31.0 Å². The summed E-state index contributed by atoms with van der Waals surface area (Å²) in [5, 5.41) is 10.4. The average molecular weight is 482 g/mol. The Morgan fingerprint density at radius 1 is 1.30 bits per heavy atom. The summed E-state index contributed by atoms with van der Waals surface area (Å²) in [5.74, 6) is 0. The van der Waals surface area contributed by atoms with Gasteiger partial charge in [0.25, 0.3) is 0 Å². The Morgan fingerprint density at radius 2 is 2.12 bits per heavy atom. The zero-order chi connectivity index (χ0) is 25.9. The molecule has 33 heavy (non-hydrogen) atoms. The number of aryl methyl sites for hydroxylation is 1. The summed E-state index contributed by atoms with van der Waals surface area (Å²) >= 11 is 6.11. The van der Waals surface area contributed by atoms with Gasteiger partial charge in [-0.1, -0.05) is 11.6 Å². The van der Waals surface area contributed by atoms with Crippen LogP contribution in [0, 0.1) is 0 Å². The number of nitrogens with one attached hydrogen (secondary N) is 2. The molecule has 7 nitrogen and oxygen atoms in total. The molecule has 0 radical (unpaired) electrons. The second-order valence-corrected chi connectivity index (χ2v) is 8.90. The van der Waals surface area contributed by atoms with Gasteiger partial charge in [-0.2, -0.15) is 18.3 Å². The van der Waals surface area contributed by atoms with Crippen LogP contribution in [0.25, 0.3) is 10.9 Å². The largest absolute Gasteiger partial charge is 0.433 e. The Kier molecular flexibility index (Phi) is 4.35. The van der Waals surface area contributed by atoms with Gasteiger partial charge in [0.05, 0.1) is 24.8 Å². The van der Waals surface area contributed by atoms with Crippen LogP contribution in [-0.2, 0) is 24.6 Å². The monoisotopic (exact) mass is 481 g/mol. The number of alkyl halides is 3. The lowest BCUT2D eigenvalue weighted by molar-refractivity contribution is -0.140. The van der Waals surface area contributed by atoms with Crippen LogP contribution in [-0.4, -0.2) is 52.3 Å². The lowest BCUT2D eigenvalue weighted by Gasteiger charge is -2.50. The molecule has 2 N–H and O–H groups in total. The smallest absolute Gasteiger partial charge is 0.382 e. The summed E-state index contributed by atoms with van der Waals surface area (Å²) in [5.41, 5.74) is 0.630. The van der Waals surface area contributed by atoms with E-state index in [0.717, 1.165) is 36.6 Å². The Balaban J connectivity index is 1.48. The number of benzene rings is 1. The van der Waals surface area contributed by atoms with Gasteiger partial charge in [0.1, 0.15) is 11.2 Å². The van der Waals surface area contributed by atoms with Gasteiger partial charge in [0, 0.05) is 39.4 Å². The van der Waals surface area contributed by atoms with Crippen LogP contribution < -0.4 is 10.6 Å². The van der Waals surface area contributed by atoms with Gasteiger partial charge in [-0.15, -0.1) is 0 Å². The number of likely N-dealkylation sites (tertiary alicyclic amines) is 1. The van der Waals surface area contributed by atoms with Crippen LogP contribution >= 0.6 is 11.6 Å². The van der Waals surface area contributed by atoms with Crippen molar-refractivity contribution in [1.29, 1.82) is 0 Å². The first kappa shape index (κ1) is 18.4. The number of carbonyl (C=O) groups excluding carboxylic acids is 1. The second-order valence-electron chi connectivity index (χ2n) is 8.46. The summed E-state index contributed by atoms with van der Waals surface area (Å²) in [6.07, 6.45) is -0.235. The molecule has 1 fully saturated rings. The standard InChI is InChI=1S/C22H22ClF3N6O/c1-27-20(33)31-11-21(12-31,32-18-4-2-3-13(18)9-29-32)10-28-17-8-19(22(24,25)26)30-16-6-5-14(23)7-15(16)17/h5-9H,2-4,10-12H2,1H3,(H,27,33)(H,28,30)/i1D3. The number of hydrogen-bond acceptors (Lipinski definition) is 4. The molecule has 3 heterocycles. The summed E-state index contributed by atoms with van der Waals surface area (Å²) in [6, 6.07) is 4.65. The molecule has 11 heteroatoms. The minimum absolute atomic E-state index is 0.131. The lowest BCUT2D eigenvalue weighted by Crippen LogP contribution is -2.68. The molecule has 0 saturated carbocycles. The van der Waals surface area contributed by atoms with E-state index in [2.05, 4.69) is 15.4 Å². The highest BCUT2D eigenvalue weighted by Crippen LogP contribution is 2.37. The average Bonchev–Trinajstić information content (AvgIpc) is 3.35. The number of nitrogens with zero attached hydrogens (tertiary/aromatic N) is 4. The molecule has 0 spiro atoms. The van der Waals surface area contributed by atoms with Crippen LogP contribution in [0.2, 0.25) is 5.02 Å². The molecule has 1 saturated heterocycles. The van der Waals surface area contributed by atoms with Gasteiger partial charge in [-0.3, -0.25) is 4.68 Å². The number of hydrogen-bond donors (Lipinski definition) is 2. The summed E-state index contributed by atoms with van der Waals surface area (Å²) in [6.45, 7) is -2.23. The molecular formula is C22H22ClF3N6O. The highest BCUT2D eigenvalue weighted by Gasteiger charge is 2.49. The molecule has 0 unspecified atom stereocenters. The summed E-state index contributed by atoms with van der Waals surface area (Å²) in [7, 11) is 0. The maximum Gasteiger partial charge on any atom is 0.433 e. The van der Waals surface area contributed by atoms with Crippen molar-refractivity contribution < 1.29 is 22.1 Å². The minimum atomic E-state index is -4.65. The number of anilines is 1. The SMILES string of the molecule is [2H]C([2H])([2H])NC(=O)N1CC(CNc2cc(C(F)(F)F)nc3ccc(Cl)cc23)(n2ncc3c2CCC3)C1. The second kappa shape index (κ2) is 7.79. The van der Waals surface area contributed by atoms with Crippen molar-refractivity contribution in [1.82, 2.24) is 25.0 Å². The number of rotatable bonds is 4. The first-order valence-corrected chi connectivity index (χ1v) is 10.8. The third-order valence-corrected chi connectivity index (χ3v) is 6.53. The van der Waals surface area contributed by atoms with E-state index in [-0.39, 0.29) is 30.8 Å². The van der Waals surface area contributed by atoms with E-state index in [4.69, 9.17) is 15.7 Å². The fourth-order valence-corrected chi connectivity index (χ4v) is 4.87. The maximum absolute atomic E-state index is 13.5. The number of urea groups is 1. The van der Waals surface area contributed by atoms with Crippen molar-refractivity contribution in [3.63, 3.8) is 0 Å². The Bertz CT molecular complexity index is 1340. The van der Waals surface area contributed by atoms with E-state index >= 15 is 0 Å².